The molecule has 1 atom stereocenters. The molecular formula is C21H25N3O4S. The second-order valence-electron chi connectivity index (χ2n) is 7.41. The van der Waals surface area contributed by atoms with Gasteiger partial charge in [0.2, 0.25) is 21.8 Å². The molecule has 2 aromatic carbocycles. The van der Waals surface area contributed by atoms with Crippen molar-refractivity contribution in [2.45, 2.75) is 24.8 Å². The number of amides is 2. The highest BCUT2D eigenvalue weighted by atomic mass is 32.2. The van der Waals surface area contributed by atoms with Crippen LogP contribution in [0.2, 0.25) is 0 Å². The maximum Gasteiger partial charge on any atom is 0.242 e. The lowest BCUT2D eigenvalue weighted by atomic mass is 10.1. The molecule has 0 aromatic heterocycles. The molecule has 1 aliphatic heterocycles. The molecule has 154 valence electrons. The number of likely N-dealkylation sites (tertiary alicyclic amines) is 1. The van der Waals surface area contributed by atoms with Crippen molar-refractivity contribution in [1.82, 2.24) is 9.21 Å². The van der Waals surface area contributed by atoms with E-state index in [1.165, 1.54) is 26.2 Å². The van der Waals surface area contributed by atoms with Crippen LogP contribution in [-0.4, -0.2) is 50.1 Å². The van der Waals surface area contributed by atoms with E-state index < -0.39 is 15.9 Å². The molecule has 0 radical (unpaired) electrons. The number of aryl methyl sites for hydroxylation is 1. The van der Waals surface area contributed by atoms with Gasteiger partial charge in [0, 0.05) is 39.3 Å². The van der Waals surface area contributed by atoms with Gasteiger partial charge in [-0.3, -0.25) is 9.59 Å². The number of hydrogen-bond donors (Lipinski definition) is 1. The number of rotatable bonds is 6. The normalized spacial score (nSPS) is 17.0. The molecule has 8 heteroatoms. The maximum absolute atomic E-state index is 12.8. The second kappa shape index (κ2) is 8.34. The summed E-state index contributed by atoms with van der Waals surface area (Å²) in [5.41, 5.74) is 2.20. The highest BCUT2D eigenvalue weighted by Gasteiger charge is 2.34. The standard InChI is InChI=1S/C21H25N3O4S/c1-15-9-10-18(29(27,28)23(2)3)12-19(15)22-21(26)17-11-20(25)24(14-17)13-16-7-5-4-6-8-16/h4-10,12,17H,11,13-14H2,1-3H3,(H,22,26). The lowest BCUT2D eigenvalue weighted by Crippen LogP contribution is -2.28. The van der Waals surface area contributed by atoms with E-state index in [1.807, 2.05) is 30.3 Å². The minimum atomic E-state index is -3.60. The van der Waals surface area contributed by atoms with E-state index in [2.05, 4.69) is 5.32 Å². The van der Waals surface area contributed by atoms with E-state index in [0.29, 0.717) is 18.8 Å². The van der Waals surface area contributed by atoms with Crippen LogP contribution < -0.4 is 5.32 Å². The molecule has 1 N–H and O–H groups in total. The molecule has 0 aliphatic carbocycles. The fourth-order valence-electron chi connectivity index (χ4n) is 3.25. The maximum atomic E-state index is 12.8. The van der Waals surface area contributed by atoms with Gasteiger partial charge < -0.3 is 10.2 Å². The summed E-state index contributed by atoms with van der Waals surface area (Å²) in [6, 6.07) is 14.3. The highest BCUT2D eigenvalue weighted by Crippen LogP contribution is 2.25. The molecule has 1 unspecified atom stereocenters. The fourth-order valence-corrected chi connectivity index (χ4v) is 4.17. The van der Waals surface area contributed by atoms with E-state index in [9.17, 15) is 18.0 Å². The van der Waals surface area contributed by atoms with Crippen molar-refractivity contribution in [2.24, 2.45) is 5.92 Å². The Morgan fingerprint density at radius 2 is 1.86 bits per heavy atom. The van der Waals surface area contributed by atoms with Gasteiger partial charge in [0.25, 0.3) is 0 Å². The van der Waals surface area contributed by atoms with Crippen LogP contribution in [0.1, 0.15) is 17.5 Å². The molecule has 2 amide bonds. The Morgan fingerprint density at radius 1 is 1.17 bits per heavy atom. The minimum Gasteiger partial charge on any atom is -0.338 e. The summed E-state index contributed by atoms with van der Waals surface area (Å²) < 4.78 is 25.8. The van der Waals surface area contributed by atoms with Gasteiger partial charge in [-0.1, -0.05) is 36.4 Å². The van der Waals surface area contributed by atoms with Gasteiger partial charge in [0.1, 0.15) is 0 Å². The van der Waals surface area contributed by atoms with Gasteiger partial charge in [-0.2, -0.15) is 0 Å². The zero-order chi connectivity index (χ0) is 21.2. The predicted octanol–water partition coefficient (Wildman–Crippen LogP) is 2.23. The number of nitrogens with one attached hydrogen (secondary N) is 1. The third-order valence-corrected chi connectivity index (χ3v) is 6.86. The van der Waals surface area contributed by atoms with Gasteiger partial charge in [0.15, 0.2) is 0 Å². The number of benzene rings is 2. The van der Waals surface area contributed by atoms with Crippen molar-refractivity contribution in [2.75, 3.05) is 26.0 Å². The number of sulfonamides is 1. The topological polar surface area (TPSA) is 86.8 Å². The third kappa shape index (κ3) is 4.65. The first-order chi connectivity index (χ1) is 13.7. The number of nitrogens with zero attached hydrogens (tertiary/aromatic N) is 2. The first-order valence-corrected chi connectivity index (χ1v) is 10.8. The van der Waals surface area contributed by atoms with Crippen molar-refractivity contribution in [1.29, 1.82) is 0 Å². The number of anilines is 1. The Morgan fingerprint density at radius 3 is 2.52 bits per heavy atom. The molecular weight excluding hydrogens is 390 g/mol. The zero-order valence-corrected chi connectivity index (χ0v) is 17.6. The second-order valence-corrected chi connectivity index (χ2v) is 9.57. The first kappa shape index (κ1) is 21.0. The molecule has 29 heavy (non-hydrogen) atoms. The van der Waals surface area contributed by atoms with Gasteiger partial charge in [-0.05, 0) is 30.2 Å². The van der Waals surface area contributed by atoms with E-state index >= 15 is 0 Å². The minimum absolute atomic E-state index is 0.0605. The van der Waals surface area contributed by atoms with Crippen molar-refractivity contribution in [3.63, 3.8) is 0 Å². The van der Waals surface area contributed by atoms with Crippen LogP contribution in [0.4, 0.5) is 5.69 Å². The Bertz CT molecular complexity index is 1020. The van der Waals surface area contributed by atoms with E-state index in [1.54, 1.807) is 17.9 Å². The highest BCUT2D eigenvalue weighted by molar-refractivity contribution is 7.89. The van der Waals surface area contributed by atoms with Gasteiger partial charge >= 0.3 is 0 Å². The van der Waals surface area contributed by atoms with E-state index in [-0.39, 0.29) is 23.1 Å². The summed E-state index contributed by atoms with van der Waals surface area (Å²) in [5.74, 6) is -0.814. The molecule has 0 bridgehead atoms. The summed E-state index contributed by atoms with van der Waals surface area (Å²) >= 11 is 0. The van der Waals surface area contributed by atoms with Crippen LogP contribution in [0, 0.1) is 12.8 Å². The lowest BCUT2D eigenvalue weighted by molar-refractivity contribution is -0.128. The Labute approximate surface area is 171 Å². The van der Waals surface area contributed by atoms with Gasteiger partial charge in [-0.15, -0.1) is 0 Å². The number of carbonyl (C=O) groups is 2. The zero-order valence-electron chi connectivity index (χ0n) is 16.8. The van der Waals surface area contributed by atoms with Crippen molar-refractivity contribution in [3.8, 4) is 0 Å². The van der Waals surface area contributed by atoms with Gasteiger partial charge in [-0.25, -0.2) is 12.7 Å². The molecule has 7 nitrogen and oxygen atoms in total. The average Bonchev–Trinajstić information content (AvgIpc) is 3.04. The molecule has 0 spiro atoms. The third-order valence-electron chi connectivity index (χ3n) is 5.05. The van der Waals surface area contributed by atoms with Crippen LogP contribution in [0.25, 0.3) is 0 Å². The quantitative estimate of drug-likeness (QED) is 0.784. The molecule has 2 aromatic rings. The number of carbonyl (C=O) groups excluding carboxylic acids is 2. The lowest BCUT2D eigenvalue weighted by Gasteiger charge is -2.17. The van der Waals surface area contributed by atoms with E-state index in [0.717, 1.165) is 15.4 Å². The SMILES string of the molecule is Cc1ccc(S(=O)(=O)N(C)C)cc1NC(=O)C1CC(=O)N(Cc2ccccc2)C1. The smallest absolute Gasteiger partial charge is 0.242 e. The first-order valence-electron chi connectivity index (χ1n) is 9.34. The average molecular weight is 416 g/mol. The largest absolute Gasteiger partial charge is 0.338 e. The van der Waals surface area contributed by atoms with Crippen LogP contribution in [0.5, 0.6) is 0 Å². The molecule has 1 saturated heterocycles. The Kier molecular flexibility index (Phi) is 6.04. The van der Waals surface area contributed by atoms with Crippen LogP contribution in [0.3, 0.4) is 0 Å². The molecule has 1 aliphatic rings. The molecule has 1 fully saturated rings. The monoisotopic (exact) mass is 415 g/mol. The van der Waals surface area contributed by atoms with E-state index in [4.69, 9.17) is 0 Å². The summed E-state index contributed by atoms with van der Waals surface area (Å²) in [6.45, 7) is 2.61. The predicted molar refractivity (Wildman–Crippen MR) is 111 cm³/mol. The fraction of sp³-hybridized carbons (Fsp3) is 0.333. The summed E-state index contributed by atoms with van der Waals surface area (Å²) in [7, 11) is -0.689. The number of hydrogen-bond acceptors (Lipinski definition) is 4. The molecule has 0 saturated carbocycles. The van der Waals surface area contributed by atoms with Gasteiger partial charge in [0.05, 0.1) is 10.8 Å². The van der Waals surface area contributed by atoms with Crippen molar-refractivity contribution >= 4 is 27.5 Å². The van der Waals surface area contributed by atoms with Crippen molar-refractivity contribution in [3.05, 3.63) is 59.7 Å². The summed E-state index contributed by atoms with van der Waals surface area (Å²) in [4.78, 5) is 26.9. The molecule has 3 rings (SSSR count). The van der Waals surface area contributed by atoms with Crippen LogP contribution in [-0.2, 0) is 26.2 Å². The Hall–Kier alpha value is -2.71. The Balaban J connectivity index is 1.71. The van der Waals surface area contributed by atoms with Crippen LogP contribution >= 0.6 is 0 Å². The summed E-state index contributed by atoms with van der Waals surface area (Å²) in [5, 5.41) is 2.81. The van der Waals surface area contributed by atoms with Crippen LogP contribution in [0.15, 0.2) is 53.4 Å². The molecule has 1 heterocycles. The summed E-state index contributed by atoms with van der Waals surface area (Å²) in [6.07, 6.45) is 0.146. The van der Waals surface area contributed by atoms with Crippen molar-refractivity contribution < 1.29 is 18.0 Å².